The second-order valence-corrected chi connectivity index (χ2v) is 4.31. The first kappa shape index (κ1) is 12.8. The van der Waals surface area contributed by atoms with Gasteiger partial charge < -0.3 is 4.74 Å². The molecule has 0 amide bonds. The van der Waals surface area contributed by atoms with Gasteiger partial charge in [0.05, 0.1) is 11.6 Å². The Bertz CT molecular complexity index is 777. The van der Waals surface area contributed by atoms with Crippen LogP contribution >= 0.6 is 0 Å². The van der Waals surface area contributed by atoms with Gasteiger partial charge in [0.2, 0.25) is 5.88 Å². The van der Waals surface area contributed by atoms with Gasteiger partial charge in [0.1, 0.15) is 11.4 Å². The van der Waals surface area contributed by atoms with Gasteiger partial charge >= 0.3 is 0 Å². The maximum absolute atomic E-state index is 8.80. The summed E-state index contributed by atoms with van der Waals surface area (Å²) in [6.07, 6.45) is 3.22. The highest BCUT2D eigenvalue weighted by atomic mass is 16.5. The van der Waals surface area contributed by atoms with E-state index in [1.807, 2.05) is 30.3 Å². The molecule has 0 radical (unpaired) electrons. The highest BCUT2D eigenvalue weighted by Gasteiger charge is 2.09. The predicted octanol–water partition coefficient (Wildman–Crippen LogP) is 3.81. The zero-order valence-corrected chi connectivity index (χ0v) is 11.1. The van der Waals surface area contributed by atoms with Crippen LogP contribution in [-0.2, 0) is 0 Å². The Morgan fingerprint density at radius 2 is 1.57 bits per heavy atom. The van der Waals surface area contributed by atoms with Crippen LogP contribution in [0.4, 0.5) is 0 Å². The Balaban J connectivity index is 1.94. The standard InChI is InChI=1S/C17H11N3O/c18-12-13-6-8-15(9-7-13)21-17-16(19-10-11-20-17)14-4-2-1-3-5-14/h1-11H. The first-order valence-electron chi connectivity index (χ1n) is 6.41. The van der Waals surface area contributed by atoms with Crippen molar-refractivity contribution in [1.82, 2.24) is 9.97 Å². The summed E-state index contributed by atoms with van der Waals surface area (Å²) >= 11 is 0. The molecule has 3 rings (SSSR count). The first-order chi connectivity index (χ1) is 10.4. The molecule has 1 aromatic heterocycles. The van der Waals surface area contributed by atoms with Gasteiger partial charge in [-0.1, -0.05) is 30.3 Å². The van der Waals surface area contributed by atoms with Crippen molar-refractivity contribution in [3.8, 4) is 29.0 Å². The SMILES string of the molecule is N#Cc1ccc(Oc2nccnc2-c2ccccc2)cc1. The molecule has 0 aliphatic heterocycles. The minimum Gasteiger partial charge on any atom is -0.437 e. The monoisotopic (exact) mass is 273 g/mol. The zero-order chi connectivity index (χ0) is 14.5. The average molecular weight is 273 g/mol. The van der Waals surface area contributed by atoms with E-state index >= 15 is 0 Å². The molecule has 3 aromatic rings. The second-order valence-electron chi connectivity index (χ2n) is 4.31. The fraction of sp³-hybridized carbons (Fsp3) is 0. The van der Waals surface area contributed by atoms with Gasteiger partial charge in [-0.15, -0.1) is 0 Å². The lowest BCUT2D eigenvalue weighted by Gasteiger charge is -2.08. The highest BCUT2D eigenvalue weighted by molar-refractivity contribution is 5.64. The molecule has 0 aliphatic rings. The van der Waals surface area contributed by atoms with E-state index in [0.29, 0.717) is 22.9 Å². The summed E-state index contributed by atoms with van der Waals surface area (Å²) in [6.45, 7) is 0. The quantitative estimate of drug-likeness (QED) is 0.728. The molecule has 0 unspecified atom stereocenters. The van der Waals surface area contributed by atoms with Crippen molar-refractivity contribution in [1.29, 1.82) is 5.26 Å². The summed E-state index contributed by atoms with van der Waals surface area (Å²) in [5.41, 5.74) is 2.21. The van der Waals surface area contributed by atoms with Crippen LogP contribution in [0.25, 0.3) is 11.3 Å². The molecule has 0 bridgehead atoms. The van der Waals surface area contributed by atoms with E-state index in [0.717, 1.165) is 5.56 Å². The third kappa shape index (κ3) is 2.88. The largest absolute Gasteiger partial charge is 0.437 e. The van der Waals surface area contributed by atoms with E-state index in [9.17, 15) is 0 Å². The number of nitrogens with zero attached hydrogens (tertiary/aromatic N) is 3. The van der Waals surface area contributed by atoms with Crippen molar-refractivity contribution in [2.75, 3.05) is 0 Å². The fourth-order valence-electron chi connectivity index (χ4n) is 1.90. The Hall–Kier alpha value is -3.19. The van der Waals surface area contributed by atoms with Gasteiger partial charge in [-0.25, -0.2) is 9.97 Å². The van der Waals surface area contributed by atoms with Crippen molar-refractivity contribution in [3.63, 3.8) is 0 Å². The molecule has 21 heavy (non-hydrogen) atoms. The van der Waals surface area contributed by atoms with Crippen molar-refractivity contribution in [2.45, 2.75) is 0 Å². The van der Waals surface area contributed by atoms with Gasteiger partial charge in [0.25, 0.3) is 0 Å². The smallest absolute Gasteiger partial charge is 0.246 e. The molecule has 1 heterocycles. The van der Waals surface area contributed by atoms with Crippen LogP contribution in [0.1, 0.15) is 5.56 Å². The van der Waals surface area contributed by atoms with Gasteiger partial charge in [0, 0.05) is 18.0 Å². The number of benzene rings is 2. The van der Waals surface area contributed by atoms with Gasteiger partial charge in [0.15, 0.2) is 0 Å². The molecular weight excluding hydrogens is 262 g/mol. The predicted molar refractivity (Wildman–Crippen MR) is 78.7 cm³/mol. The average Bonchev–Trinajstić information content (AvgIpc) is 2.57. The molecule has 0 fully saturated rings. The molecular formula is C17H11N3O. The van der Waals surface area contributed by atoms with Crippen LogP contribution in [0.3, 0.4) is 0 Å². The molecule has 0 N–H and O–H groups in total. The van der Waals surface area contributed by atoms with E-state index in [2.05, 4.69) is 16.0 Å². The molecule has 4 nitrogen and oxygen atoms in total. The maximum Gasteiger partial charge on any atom is 0.246 e. The summed E-state index contributed by atoms with van der Waals surface area (Å²) in [6, 6.07) is 18.7. The summed E-state index contributed by atoms with van der Waals surface area (Å²) in [5.74, 6) is 1.06. The van der Waals surface area contributed by atoms with Crippen LogP contribution in [0, 0.1) is 11.3 Å². The molecule has 100 valence electrons. The van der Waals surface area contributed by atoms with Gasteiger partial charge in [-0.3, -0.25) is 0 Å². The Kier molecular flexibility index (Phi) is 3.57. The Morgan fingerprint density at radius 1 is 0.857 bits per heavy atom. The van der Waals surface area contributed by atoms with E-state index in [4.69, 9.17) is 10.00 Å². The van der Waals surface area contributed by atoms with Crippen molar-refractivity contribution >= 4 is 0 Å². The lowest BCUT2D eigenvalue weighted by atomic mass is 10.1. The maximum atomic E-state index is 8.80. The molecule has 0 spiro atoms. The summed E-state index contributed by atoms with van der Waals surface area (Å²) in [4.78, 5) is 8.58. The Labute approximate surface area is 122 Å². The topological polar surface area (TPSA) is 58.8 Å². The van der Waals surface area contributed by atoms with E-state index in [1.165, 1.54) is 0 Å². The summed E-state index contributed by atoms with van der Waals surface area (Å²) in [7, 11) is 0. The molecule has 2 aromatic carbocycles. The van der Waals surface area contributed by atoms with Crippen molar-refractivity contribution in [3.05, 3.63) is 72.6 Å². The fourth-order valence-corrected chi connectivity index (χ4v) is 1.90. The normalized spacial score (nSPS) is 9.86. The molecule has 0 atom stereocenters. The Morgan fingerprint density at radius 3 is 2.29 bits per heavy atom. The summed E-state index contributed by atoms with van der Waals surface area (Å²) in [5, 5.41) is 8.80. The number of hydrogen-bond acceptors (Lipinski definition) is 4. The highest BCUT2D eigenvalue weighted by Crippen LogP contribution is 2.29. The third-order valence-electron chi connectivity index (χ3n) is 2.91. The van der Waals surface area contributed by atoms with Crippen LogP contribution in [0.15, 0.2) is 67.0 Å². The van der Waals surface area contributed by atoms with Crippen LogP contribution in [-0.4, -0.2) is 9.97 Å². The molecule has 0 saturated carbocycles. The van der Waals surface area contributed by atoms with E-state index < -0.39 is 0 Å². The zero-order valence-electron chi connectivity index (χ0n) is 11.1. The lowest BCUT2D eigenvalue weighted by Crippen LogP contribution is -1.94. The first-order valence-corrected chi connectivity index (χ1v) is 6.41. The van der Waals surface area contributed by atoms with Crippen LogP contribution in [0.5, 0.6) is 11.6 Å². The number of rotatable bonds is 3. The summed E-state index contributed by atoms with van der Waals surface area (Å²) < 4.78 is 5.78. The lowest BCUT2D eigenvalue weighted by molar-refractivity contribution is 0.462. The van der Waals surface area contributed by atoms with Crippen LogP contribution < -0.4 is 4.74 Å². The van der Waals surface area contributed by atoms with Crippen molar-refractivity contribution < 1.29 is 4.74 Å². The van der Waals surface area contributed by atoms with Gasteiger partial charge in [-0.05, 0) is 24.3 Å². The number of hydrogen-bond donors (Lipinski definition) is 0. The third-order valence-corrected chi connectivity index (χ3v) is 2.91. The van der Waals surface area contributed by atoms with Gasteiger partial charge in [-0.2, -0.15) is 5.26 Å². The number of aromatic nitrogens is 2. The minimum atomic E-state index is 0.438. The minimum absolute atomic E-state index is 0.438. The molecule has 0 saturated heterocycles. The molecule has 0 aliphatic carbocycles. The van der Waals surface area contributed by atoms with Crippen LogP contribution in [0.2, 0.25) is 0 Å². The van der Waals surface area contributed by atoms with E-state index in [-0.39, 0.29) is 0 Å². The van der Waals surface area contributed by atoms with E-state index in [1.54, 1.807) is 36.7 Å². The number of nitriles is 1. The van der Waals surface area contributed by atoms with Crippen molar-refractivity contribution in [2.24, 2.45) is 0 Å². The second kappa shape index (κ2) is 5.85. The molecule has 4 heteroatoms. The number of ether oxygens (including phenoxy) is 1.